The zero-order valence-corrected chi connectivity index (χ0v) is 19.9. The fourth-order valence-corrected chi connectivity index (χ4v) is 3.78. The van der Waals surface area contributed by atoms with Crippen molar-refractivity contribution in [3.05, 3.63) is 47.7 Å². The molecule has 1 aromatic heterocycles. The lowest BCUT2D eigenvalue weighted by Crippen LogP contribution is -2.47. The number of oxime groups is 1. The molecule has 0 spiro atoms. The van der Waals surface area contributed by atoms with Gasteiger partial charge in [0.2, 0.25) is 12.3 Å². The van der Waals surface area contributed by atoms with Crippen LogP contribution in [0.15, 0.2) is 46.0 Å². The molecule has 2 aromatic rings. The number of furan rings is 1. The van der Waals surface area contributed by atoms with Crippen molar-refractivity contribution in [1.82, 2.24) is 15.7 Å². The van der Waals surface area contributed by atoms with Crippen LogP contribution in [-0.4, -0.2) is 52.2 Å². The summed E-state index contributed by atoms with van der Waals surface area (Å²) in [4.78, 5) is 36.3. The molecule has 6 N–H and O–H groups in total. The minimum absolute atomic E-state index is 0.0388. The molecule has 0 unspecified atom stereocenters. The molecule has 0 fully saturated rings. The molecule has 11 heteroatoms. The molecule has 1 aromatic carbocycles. The van der Waals surface area contributed by atoms with Crippen LogP contribution in [0.3, 0.4) is 0 Å². The van der Waals surface area contributed by atoms with Crippen LogP contribution in [0.4, 0.5) is 0 Å². The number of amidine groups is 1. The lowest BCUT2D eigenvalue weighted by Gasteiger charge is -2.29. The number of amides is 3. The van der Waals surface area contributed by atoms with Crippen LogP contribution in [0.25, 0.3) is 11.3 Å². The summed E-state index contributed by atoms with van der Waals surface area (Å²) < 4.78 is 5.63. The van der Waals surface area contributed by atoms with E-state index in [0.717, 1.165) is 19.3 Å². The number of carbonyl (C=O) groups excluding carboxylic acids is 3. The highest BCUT2D eigenvalue weighted by atomic mass is 16.5. The summed E-state index contributed by atoms with van der Waals surface area (Å²) in [6.45, 7) is 3.68. The SMILES string of the molecule is CCCCC[C@@H](C(=O)NCNC(=O)c1ccc(-c2cccc(/C(N)=N/O)c2)o1)[C@@H](CC)N(O)C=O. The number of hydroxylamine groups is 2. The lowest BCUT2D eigenvalue weighted by atomic mass is 9.90. The summed E-state index contributed by atoms with van der Waals surface area (Å²) in [5, 5.41) is 27.5. The molecular weight excluding hydrogens is 454 g/mol. The van der Waals surface area contributed by atoms with Crippen molar-refractivity contribution in [3.8, 4) is 11.3 Å². The highest BCUT2D eigenvalue weighted by Crippen LogP contribution is 2.23. The summed E-state index contributed by atoms with van der Waals surface area (Å²) in [6, 6.07) is 9.24. The third-order valence-corrected chi connectivity index (χ3v) is 5.68. The van der Waals surface area contributed by atoms with E-state index < -0.39 is 17.9 Å². The number of benzene rings is 1. The number of nitrogens with two attached hydrogens (primary N) is 1. The van der Waals surface area contributed by atoms with Crippen molar-refractivity contribution >= 4 is 24.1 Å². The number of carbonyl (C=O) groups is 3. The van der Waals surface area contributed by atoms with Crippen molar-refractivity contribution in [2.75, 3.05) is 6.67 Å². The fourth-order valence-electron chi connectivity index (χ4n) is 3.78. The molecular formula is C24H33N5O6. The third kappa shape index (κ3) is 7.57. The van der Waals surface area contributed by atoms with Gasteiger partial charge in [0, 0.05) is 11.1 Å². The van der Waals surface area contributed by atoms with E-state index in [1.54, 1.807) is 37.3 Å². The van der Waals surface area contributed by atoms with Crippen LogP contribution < -0.4 is 16.4 Å². The van der Waals surface area contributed by atoms with Gasteiger partial charge in [0.15, 0.2) is 11.6 Å². The maximum atomic E-state index is 12.8. The molecule has 0 saturated heterocycles. The number of nitrogens with one attached hydrogen (secondary N) is 2. The molecule has 0 aliphatic carbocycles. The quantitative estimate of drug-likeness (QED) is 0.0398. The summed E-state index contributed by atoms with van der Waals surface area (Å²) in [6.07, 6.45) is 3.87. The highest BCUT2D eigenvalue weighted by Gasteiger charge is 2.30. The standard InChI is InChI=1S/C24H33N5O6/c1-3-5-6-10-18(19(4-2)29(34)15-30)23(31)26-14-27-24(32)21-12-11-20(35-21)16-8-7-9-17(13-16)22(25)28-33/h7-9,11-13,15,18-19,33-34H,3-6,10,14H2,1-2H3,(H2,25,28)(H,26,31)(H,27,32)/t18-,19-/m1/s1. The lowest BCUT2D eigenvalue weighted by molar-refractivity contribution is -0.168. The van der Waals surface area contributed by atoms with E-state index in [0.29, 0.717) is 41.2 Å². The number of nitrogens with zero attached hydrogens (tertiary/aromatic N) is 2. The smallest absolute Gasteiger partial charge is 0.288 e. The molecule has 0 aliphatic rings. The van der Waals surface area contributed by atoms with Gasteiger partial charge in [-0.1, -0.05) is 56.5 Å². The Morgan fingerprint density at radius 1 is 1.20 bits per heavy atom. The molecule has 2 atom stereocenters. The van der Waals surface area contributed by atoms with Crippen LogP contribution in [0.5, 0.6) is 0 Å². The Kier molecular flexibility index (Phi) is 10.8. The molecule has 0 saturated carbocycles. The first kappa shape index (κ1) is 27.4. The number of unbranched alkanes of at least 4 members (excludes halogenated alkanes) is 2. The fraction of sp³-hybridized carbons (Fsp3) is 0.417. The van der Waals surface area contributed by atoms with Gasteiger partial charge in [0.1, 0.15) is 5.76 Å². The third-order valence-electron chi connectivity index (χ3n) is 5.68. The minimum atomic E-state index is -0.659. The molecule has 1 heterocycles. The van der Waals surface area contributed by atoms with Crippen molar-refractivity contribution in [2.45, 2.75) is 52.0 Å². The molecule has 0 radical (unpaired) electrons. The van der Waals surface area contributed by atoms with E-state index in [1.807, 2.05) is 6.92 Å². The predicted octanol–water partition coefficient (Wildman–Crippen LogP) is 2.67. The molecule has 0 aliphatic heterocycles. The van der Waals surface area contributed by atoms with Gasteiger partial charge in [-0.3, -0.25) is 19.6 Å². The monoisotopic (exact) mass is 487 g/mol. The van der Waals surface area contributed by atoms with Gasteiger partial charge in [0.25, 0.3) is 5.91 Å². The van der Waals surface area contributed by atoms with Crippen LogP contribution in [0, 0.1) is 5.92 Å². The second kappa shape index (κ2) is 13.8. The van der Waals surface area contributed by atoms with Gasteiger partial charge in [-0.2, -0.15) is 0 Å². The van der Waals surface area contributed by atoms with Gasteiger partial charge in [-0.25, -0.2) is 5.06 Å². The molecule has 3 amide bonds. The van der Waals surface area contributed by atoms with Gasteiger partial charge < -0.3 is 26.0 Å². The largest absolute Gasteiger partial charge is 0.451 e. The van der Waals surface area contributed by atoms with E-state index in [4.69, 9.17) is 15.4 Å². The molecule has 35 heavy (non-hydrogen) atoms. The normalized spacial score (nSPS) is 13.1. The van der Waals surface area contributed by atoms with E-state index >= 15 is 0 Å². The molecule has 11 nitrogen and oxygen atoms in total. The zero-order valence-electron chi connectivity index (χ0n) is 19.9. The van der Waals surface area contributed by atoms with Gasteiger partial charge in [-0.15, -0.1) is 0 Å². The van der Waals surface area contributed by atoms with Gasteiger partial charge in [0.05, 0.1) is 18.6 Å². The minimum Gasteiger partial charge on any atom is -0.451 e. The number of hydrogen-bond donors (Lipinski definition) is 5. The Bertz CT molecular complexity index is 1020. The first-order chi connectivity index (χ1) is 16.9. The first-order valence-electron chi connectivity index (χ1n) is 11.5. The van der Waals surface area contributed by atoms with Crippen molar-refractivity contribution in [2.24, 2.45) is 16.8 Å². The van der Waals surface area contributed by atoms with Gasteiger partial charge in [-0.05, 0) is 31.0 Å². The molecule has 0 bridgehead atoms. The second-order valence-corrected chi connectivity index (χ2v) is 8.02. The first-order valence-corrected chi connectivity index (χ1v) is 11.5. The van der Waals surface area contributed by atoms with E-state index in [9.17, 15) is 19.6 Å². The Labute approximate surface area is 203 Å². The molecule has 2 rings (SSSR count). The summed E-state index contributed by atoms with van der Waals surface area (Å²) in [5.41, 5.74) is 6.74. The highest BCUT2D eigenvalue weighted by molar-refractivity contribution is 5.98. The van der Waals surface area contributed by atoms with Crippen LogP contribution in [-0.2, 0) is 9.59 Å². The van der Waals surface area contributed by atoms with Crippen LogP contribution in [0.2, 0.25) is 0 Å². The Morgan fingerprint density at radius 2 is 1.97 bits per heavy atom. The second-order valence-electron chi connectivity index (χ2n) is 8.02. The van der Waals surface area contributed by atoms with Crippen LogP contribution >= 0.6 is 0 Å². The molecule has 190 valence electrons. The zero-order chi connectivity index (χ0) is 25.8. The predicted molar refractivity (Wildman–Crippen MR) is 129 cm³/mol. The van der Waals surface area contributed by atoms with Crippen LogP contribution in [0.1, 0.15) is 62.1 Å². The average molecular weight is 488 g/mol. The van der Waals surface area contributed by atoms with Crippen molar-refractivity contribution in [3.63, 3.8) is 0 Å². The van der Waals surface area contributed by atoms with E-state index in [2.05, 4.69) is 15.8 Å². The van der Waals surface area contributed by atoms with Crippen molar-refractivity contribution in [1.29, 1.82) is 0 Å². The van der Waals surface area contributed by atoms with Crippen molar-refractivity contribution < 1.29 is 29.2 Å². The topological polar surface area (TPSA) is 170 Å². The van der Waals surface area contributed by atoms with E-state index in [1.165, 1.54) is 6.07 Å². The van der Waals surface area contributed by atoms with Gasteiger partial charge >= 0.3 is 0 Å². The summed E-state index contributed by atoms with van der Waals surface area (Å²) in [5.74, 6) is -1.12. The Balaban J connectivity index is 2.00. The Morgan fingerprint density at radius 3 is 2.63 bits per heavy atom. The Hall–Kier alpha value is -3.86. The number of hydrogen-bond acceptors (Lipinski definition) is 7. The summed E-state index contributed by atoms with van der Waals surface area (Å²) >= 11 is 0. The maximum absolute atomic E-state index is 12.8. The number of rotatable bonds is 14. The van der Waals surface area contributed by atoms with E-state index in [-0.39, 0.29) is 24.2 Å². The maximum Gasteiger partial charge on any atom is 0.288 e. The summed E-state index contributed by atoms with van der Waals surface area (Å²) in [7, 11) is 0. The average Bonchev–Trinajstić information content (AvgIpc) is 3.38.